The van der Waals surface area contributed by atoms with E-state index in [0.717, 1.165) is 36.9 Å². The molecule has 2 unspecified atom stereocenters. The molecule has 0 spiro atoms. The number of anilines is 2. The first-order valence-corrected chi connectivity index (χ1v) is 10.8. The number of alkyl halides is 3. The summed E-state index contributed by atoms with van der Waals surface area (Å²) in [6, 6.07) is 3.55. The number of aromatic nitrogens is 5. The first-order chi connectivity index (χ1) is 16.3. The van der Waals surface area contributed by atoms with Crippen LogP contribution in [0, 0.1) is 5.92 Å². The van der Waals surface area contributed by atoms with Crippen LogP contribution in [-0.2, 0) is 18.0 Å². The van der Waals surface area contributed by atoms with Crippen LogP contribution in [0.2, 0.25) is 0 Å². The summed E-state index contributed by atoms with van der Waals surface area (Å²) in [5.41, 5.74) is -0.864. The molecule has 2 fully saturated rings. The van der Waals surface area contributed by atoms with Gasteiger partial charge in [-0.05, 0) is 24.5 Å². The standard InChI is InChI=1S/C18H19F3N8O.C2H6.CH2O/c1-27-9-13(15(25-27)18(19,20)21)24-16(30)14-3-2-12-6-23-17(26-29(12)14)28-7-10-4-11(8-28)22-5-10;2*1-2/h2-3,6,9-11,22H,4-5,7-8H2,1H3,(H,24,30);1-2H3;1H2. The Labute approximate surface area is 194 Å². The van der Waals surface area contributed by atoms with Gasteiger partial charge in [0.15, 0.2) is 5.69 Å². The number of rotatable bonds is 3. The van der Waals surface area contributed by atoms with Crippen molar-refractivity contribution in [1.82, 2.24) is 29.7 Å². The van der Waals surface area contributed by atoms with Gasteiger partial charge in [0.25, 0.3) is 5.91 Å². The molecule has 13 heteroatoms. The number of nitrogens with zero attached hydrogens (tertiary/aromatic N) is 6. The summed E-state index contributed by atoms with van der Waals surface area (Å²) in [5.74, 6) is 0.309. The van der Waals surface area contributed by atoms with Gasteiger partial charge in [0.05, 0.1) is 17.4 Å². The fourth-order valence-corrected chi connectivity index (χ4v) is 4.18. The minimum Gasteiger partial charge on any atom is -0.338 e. The van der Waals surface area contributed by atoms with Gasteiger partial charge in [-0.3, -0.25) is 9.48 Å². The van der Waals surface area contributed by atoms with Crippen LogP contribution in [0.1, 0.15) is 36.5 Å². The Morgan fingerprint density at radius 3 is 2.62 bits per heavy atom. The van der Waals surface area contributed by atoms with Gasteiger partial charge in [-0.15, -0.1) is 5.10 Å². The average molecular weight is 480 g/mol. The third-order valence-electron chi connectivity index (χ3n) is 5.48. The zero-order valence-electron chi connectivity index (χ0n) is 19.1. The van der Waals surface area contributed by atoms with E-state index in [0.29, 0.717) is 23.4 Å². The molecule has 2 N–H and O–H groups in total. The maximum absolute atomic E-state index is 13.2. The van der Waals surface area contributed by atoms with Crippen LogP contribution in [-0.4, -0.2) is 62.8 Å². The monoisotopic (exact) mass is 480 g/mol. The normalized spacial score (nSPS) is 19.2. The van der Waals surface area contributed by atoms with Crippen molar-refractivity contribution in [3.05, 3.63) is 35.9 Å². The molecule has 5 heterocycles. The zero-order chi connectivity index (χ0) is 25.0. The fraction of sp³-hybridized carbons (Fsp3) is 0.476. The van der Waals surface area contributed by atoms with Crippen molar-refractivity contribution in [3.8, 4) is 0 Å². The second-order valence-corrected chi connectivity index (χ2v) is 7.74. The number of carbonyl (C=O) groups is 2. The van der Waals surface area contributed by atoms with E-state index >= 15 is 0 Å². The molecule has 34 heavy (non-hydrogen) atoms. The quantitative estimate of drug-likeness (QED) is 0.592. The van der Waals surface area contributed by atoms with Crippen molar-refractivity contribution in [1.29, 1.82) is 0 Å². The van der Waals surface area contributed by atoms with E-state index < -0.39 is 23.5 Å². The second kappa shape index (κ2) is 10.2. The van der Waals surface area contributed by atoms with Gasteiger partial charge in [0.1, 0.15) is 12.5 Å². The Bertz CT molecular complexity index is 1130. The Hall–Kier alpha value is -3.48. The molecular weight excluding hydrogens is 453 g/mol. The maximum Gasteiger partial charge on any atom is 0.437 e. The van der Waals surface area contributed by atoms with E-state index in [1.165, 1.54) is 17.6 Å². The highest BCUT2D eigenvalue weighted by Crippen LogP contribution is 2.33. The molecule has 2 aliphatic heterocycles. The lowest BCUT2D eigenvalue weighted by Crippen LogP contribution is -2.42. The summed E-state index contributed by atoms with van der Waals surface area (Å²) in [7, 11) is 1.36. The van der Waals surface area contributed by atoms with E-state index in [1.807, 2.05) is 20.6 Å². The fourth-order valence-electron chi connectivity index (χ4n) is 4.18. The molecule has 0 aromatic carbocycles. The van der Waals surface area contributed by atoms with Gasteiger partial charge in [-0.25, -0.2) is 9.50 Å². The van der Waals surface area contributed by atoms with Crippen LogP contribution in [0.5, 0.6) is 0 Å². The van der Waals surface area contributed by atoms with E-state index in [1.54, 1.807) is 12.3 Å². The number of amides is 1. The molecule has 1 amide bonds. The number of carbonyl (C=O) groups excluding carboxylic acids is 2. The lowest BCUT2D eigenvalue weighted by atomic mass is 10.0. The van der Waals surface area contributed by atoms with E-state index in [2.05, 4.69) is 30.7 Å². The SMILES string of the molecule is C=O.CC.Cn1cc(NC(=O)c2ccc3cnc(N4CC5CNC(C5)C4)nn23)c(C(F)(F)F)n1. The molecule has 3 aromatic rings. The molecular formula is C21H27F3N8O2. The minimum atomic E-state index is -4.68. The average Bonchev–Trinajstić information content (AvgIpc) is 3.52. The number of hydrogen-bond acceptors (Lipinski definition) is 7. The zero-order valence-corrected chi connectivity index (χ0v) is 19.1. The highest BCUT2D eigenvalue weighted by Gasteiger charge is 2.38. The number of aryl methyl sites for hydroxylation is 1. The van der Waals surface area contributed by atoms with E-state index in [9.17, 15) is 18.0 Å². The van der Waals surface area contributed by atoms with E-state index in [-0.39, 0.29) is 5.69 Å². The molecule has 0 aliphatic carbocycles. The topological polar surface area (TPSA) is 109 Å². The van der Waals surface area contributed by atoms with Crippen molar-refractivity contribution < 1.29 is 22.8 Å². The Kier molecular flexibility index (Phi) is 7.54. The van der Waals surface area contributed by atoms with Crippen LogP contribution < -0.4 is 15.5 Å². The van der Waals surface area contributed by atoms with Crippen molar-refractivity contribution in [2.45, 2.75) is 32.5 Å². The van der Waals surface area contributed by atoms with Crippen LogP contribution in [0.4, 0.5) is 24.8 Å². The van der Waals surface area contributed by atoms with Crippen LogP contribution in [0.3, 0.4) is 0 Å². The molecule has 2 bridgehead atoms. The van der Waals surface area contributed by atoms with Crippen molar-refractivity contribution in [2.24, 2.45) is 13.0 Å². The minimum absolute atomic E-state index is 0.115. The summed E-state index contributed by atoms with van der Waals surface area (Å²) >= 11 is 0. The van der Waals surface area contributed by atoms with Gasteiger partial charge in [0, 0.05) is 38.9 Å². The van der Waals surface area contributed by atoms with Crippen molar-refractivity contribution in [3.63, 3.8) is 0 Å². The smallest absolute Gasteiger partial charge is 0.338 e. The Morgan fingerprint density at radius 1 is 1.21 bits per heavy atom. The number of halogens is 3. The molecule has 184 valence electrons. The van der Waals surface area contributed by atoms with Crippen LogP contribution in [0.25, 0.3) is 5.52 Å². The third-order valence-corrected chi connectivity index (χ3v) is 5.48. The van der Waals surface area contributed by atoms with Crippen molar-refractivity contribution in [2.75, 3.05) is 29.9 Å². The largest absolute Gasteiger partial charge is 0.437 e. The van der Waals surface area contributed by atoms with E-state index in [4.69, 9.17) is 4.79 Å². The number of piperidine rings is 1. The lowest BCUT2D eigenvalue weighted by molar-refractivity contribution is -0.140. The molecule has 5 rings (SSSR count). The predicted octanol–water partition coefficient (Wildman–Crippen LogP) is 2.37. The van der Waals surface area contributed by atoms with Crippen molar-refractivity contribution >= 4 is 29.8 Å². The highest BCUT2D eigenvalue weighted by atomic mass is 19.4. The summed E-state index contributed by atoms with van der Waals surface area (Å²) < 4.78 is 41.9. The summed E-state index contributed by atoms with van der Waals surface area (Å²) in [5, 5.41) is 13.7. The van der Waals surface area contributed by atoms with Gasteiger partial charge in [0.2, 0.25) is 5.95 Å². The summed E-state index contributed by atoms with van der Waals surface area (Å²) in [6.45, 7) is 8.56. The Balaban J connectivity index is 0.000000771. The predicted molar refractivity (Wildman–Crippen MR) is 120 cm³/mol. The second-order valence-electron chi connectivity index (χ2n) is 7.74. The van der Waals surface area contributed by atoms with Gasteiger partial charge >= 0.3 is 6.18 Å². The first-order valence-electron chi connectivity index (χ1n) is 10.8. The number of hydrogen-bond donors (Lipinski definition) is 2. The van der Waals surface area contributed by atoms with Crippen LogP contribution in [0.15, 0.2) is 24.5 Å². The number of fused-ring (bicyclic) bond motifs is 3. The highest BCUT2D eigenvalue weighted by molar-refractivity contribution is 6.04. The summed E-state index contributed by atoms with van der Waals surface area (Å²) in [4.78, 5) is 27.2. The molecule has 10 nitrogen and oxygen atoms in total. The van der Waals surface area contributed by atoms with Gasteiger partial charge in [-0.2, -0.15) is 18.3 Å². The lowest BCUT2D eigenvalue weighted by Gasteiger charge is -2.30. The molecule has 0 saturated carbocycles. The first kappa shape index (κ1) is 25.1. The Morgan fingerprint density at radius 2 is 1.94 bits per heavy atom. The molecule has 2 saturated heterocycles. The summed E-state index contributed by atoms with van der Waals surface area (Å²) in [6.07, 6.45) is -0.827. The van der Waals surface area contributed by atoms with Gasteiger partial charge in [-0.1, -0.05) is 13.8 Å². The third kappa shape index (κ3) is 5.03. The number of nitrogens with one attached hydrogen (secondary N) is 2. The molecule has 2 atom stereocenters. The maximum atomic E-state index is 13.2. The van der Waals surface area contributed by atoms with Gasteiger partial charge < -0.3 is 20.3 Å². The van der Waals surface area contributed by atoms with Crippen LogP contribution >= 0.6 is 0 Å². The molecule has 2 aliphatic rings. The molecule has 3 aromatic heterocycles. The molecule has 0 radical (unpaired) electrons.